The van der Waals surface area contributed by atoms with Crippen LogP contribution in [0.15, 0.2) is 48.5 Å². The van der Waals surface area contributed by atoms with Gasteiger partial charge >= 0.3 is 12.1 Å². The Hall–Kier alpha value is -3.62. The molecule has 3 rings (SSSR count). The molecule has 0 aliphatic carbocycles. The van der Waals surface area contributed by atoms with Crippen LogP contribution in [-0.4, -0.2) is 52.7 Å². The maximum atomic E-state index is 12.4. The van der Waals surface area contributed by atoms with Crippen LogP contribution in [0.4, 0.5) is 16.2 Å². The Morgan fingerprint density at radius 1 is 1.21 bits per heavy atom. The average molecular weight is 399 g/mol. The van der Waals surface area contributed by atoms with Crippen LogP contribution in [0.1, 0.15) is 11.1 Å². The fraction of sp³-hybridized carbons (Fsp3) is 0.300. The highest BCUT2D eigenvalue weighted by Crippen LogP contribution is 2.32. The van der Waals surface area contributed by atoms with E-state index in [9.17, 15) is 24.8 Å². The lowest BCUT2D eigenvalue weighted by Crippen LogP contribution is -2.58. The van der Waals surface area contributed by atoms with Crippen molar-refractivity contribution in [3.05, 3.63) is 69.8 Å². The first-order valence-corrected chi connectivity index (χ1v) is 9.07. The number of nitro groups is 1. The molecule has 9 nitrogen and oxygen atoms in total. The molecule has 2 aromatic carbocycles. The molecule has 9 heteroatoms. The standard InChI is InChI=1S/C20H21N3O6/c1-14-7-8-16(23(27)28)17(11-14)22-10-9-21(12-18(22)19(24)25)20(26)29-13-15-5-3-2-4-6-15/h2-8,11,18H,9-10,12-13H2,1H3,(H,24,25). The Balaban J connectivity index is 1.75. The Kier molecular flexibility index (Phi) is 5.96. The van der Waals surface area contributed by atoms with Crippen molar-refractivity contribution in [3.8, 4) is 0 Å². The number of hydrogen-bond donors (Lipinski definition) is 1. The number of piperazine rings is 1. The van der Waals surface area contributed by atoms with Gasteiger partial charge in [-0.1, -0.05) is 36.4 Å². The summed E-state index contributed by atoms with van der Waals surface area (Å²) < 4.78 is 5.28. The van der Waals surface area contributed by atoms with Crippen molar-refractivity contribution in [1.29, 1.82) is 0 Å². The number of carboxylic acid groups (broad SMARTS) is 1. The summed E-state index contributed by atoms with van der Waals surface area (Å²) in [6.07, 6.45) is -0.613. The molecule has 1 amide bonds. The summed E-state index contributed by atoms with van der Waals surface area (Å²) >= 11 is 0. The minimum Gasteiger partial charge on any atom is -0.480 e. The van der Waals surface area contributed by atoms with Gasteiger partial charge in [-0.05, 0) is 24.1 Å². The summed E-state index contributed by atoms with van der Waals surface area (Å²) in [7, 11) is 0. The van der Waals surface area contributed by atoms with Crippen molar-refractivity contribution in [2.24, 2.45) is 0 Å². The predicted molar refractivity (Wildman–Crippen MR) is 105 cm³/mol. The van der Waals surface area contributed by atoms with Gasteiger partial charge in [0.2, 0.25) is 0 Å². The molecule has 1 atom stereocenters. The van der Waals surface area contributed by atoms with Gasteiger partial charge in [0.15, 0.2) is 0 Å². The molecule has 1 unspecified atom stereocenters. The van der Waals surface area contributed by atoms with Gasteiger partial charge in [0.1, 0.15) is 18.3 Å². The van der Waals surface area contributed by atoms with Crippen molar-refractivity contribution in [2.75, 3.05) is 24.5 Å². The molecule has 0 saturated carbocycles. The van der Waals surface area contributed by atoms with Gasteiger partial charge in [0.05, 0.1) is 11.5 Å². The van der Waals surface area contributed by atoms with Crippen molar-refractivity contribution in [2.45, 2.75) is 19.6 Å². The van der Waals surface area contributed by atoms with E-state index in [0.717, 1.165) is 11.1 Å². The molecule has 1 heterocycles. The zero-order valence-electron chi connectivity index (χ0n) is 15.9. The largest absolute Gasteiger partial charge is 0.480 e. The third kappa shape index (κ3) is 4.63. The number of nitrogens with zero attached hydrogens (tertiary/aromatic N) is 3. The van der Waals surface area contributed by atoms with Crippen molar-refractivity contribution < 1.29 is 24.4 Å². The highest BCUT2D eigenvalue weighted by atomic mass is 16.6. The molecule has 1 aliphatic rings. The molecule has 0 bridgehead atoms. The van der Waals surface area contributed by atoms with Crippen LogP contribution in [0.2, 0.25) is 0 Å². The first-order valence-electron chi connectivity index (χ1n) is 9.07. The second-order valence-electron chi connectivity index (χ2n) is 6.78. The second kappa shape index (κ2) is 8.59. The molecule has 1 aliphatic heterocycles. The van der Waals surface area contributed by atoms with E-state index in [4.69, 9.17) is 4.74 Å². The quantitative estimate of drug-likeness (QED) is 0.607. The topological polar surface area (TPSA) is 113 Å². The first kappa shape index (κ1) is 20.1. The van der Waals surface area contributed by atoms with Gasteiger partial charge in [0, 0.05) is 19.2 Å². The van der Waals surface area contributed by atoms with Gasteiger partial charge in [-0.3, -0.25) is 10.1 Å². The first-order chi connectivity index (χ1) is 13.9. The molecule has 0 radical (unpaired) electrons. The van der Waals surface area contributed by atoms with Crippen molar-refractivity contribution in [1.82, 2.24) is 4.90 Å². The number of rotatable bonds is 5. The van der Waals surface area contributed by atoms with Crippen LogP contribution in [0.5, 0.6) is 0 Å². The second-order valence-corrected chi connectivity index (χ2v) is 6.78. The Labute approximate surface area is 167 Å². The van der Waals surface area contributed by atoms with Crippen molar-refractivity contribution >= 4 is 23.4 Å². The van der Waals surface area contributed by atoms with E-state index in [2.05, 4.69) is 0 Å². The highest BCUT2D eigenvalue weighted by molar-refractivity contribution is 5.82. The van der Waals surface area contributed by atoms with E-state index >= 15 is 0 Å². The third-order valence-electron chi connectivity index (χ3n) is 4.77. The lowest BCUT2D eigenvalue weighted by molar-refractivity contribution is -0.384. The van der Waals surface area contributed by atoms with Crippen molar-refractivity contribution in [3.63, 3.8) is 0 Å². The number of ether oxygens (including phenoxy) is 1. The molecule has 1 saturated heterocycles. The van der Waals surface area contributed by atoms with E-state index < -0.39 is 23.0 Å². The number of nitro benzene ring substituents is 1. The van der Waals surface area contributed by atoms with Gasteiger partial charge in [0.25, 0.3) is 5.69 Å². The summed E-state index contributed by atoms with van der Waals surface area (Å²) in [5, 5.41) is 21.1. The number of anilines is 1. The van der Waals surface area contributed by atoms with Crippen LogP contribution in [0.25, 0.3) is 0 Å². The molecule has 0 aromatic heterocycles. The summed E-state index contributed by atoms with van der Waals surface area (Å²) in [6.45, 7) is 2.07. The zero-order chi connectivity index (χ0) is 21.0. The predicted octanol–water partition coefficient (Wildman–Crippen LogP) is 2.82. The third-order valence-corrected chi connectivity index (χ3v) is 4.77. The Morgan fingerprint density at radius 2 is 1.93 bits per heavy atom. The molecular formula is C20H21N3O6. The number of carbonyl (C=O) groups is 2. The maximum Gasteiger partial charge on any atom is 0.410 e. The molecule has 29 heavy (non-hydrogen) atoms. The molecule has 1 fully saturated rings. The number of amides is 1. The summed E-state index contributed by atoms with van der Waals surface area (Å²) in [4.78, 5) is 37.9. The normalized spacial score (nSPS) is 16.4. The fourth-order valence-electron chi connectivity index (χ4n) is 3.28. The SMILES string of the molecule is Cc1ccc([N+](=O)[O-])c(N2CCN(C(=O)OCc3ccccc3)CC2C(=O)O)c1. The van der Waals surface area contributed by atoms with Crippen LogP contribution in [-0.2, 0) is 16.1 Å². The molecular weight excluding hydrogens is 378 g/mol. The van der Waals surface area contributed by atoms with E-state index in [1.807, 2.05) is 30.3 Å². The highest BCUT2D eigenvalue weighted by Gasteiger charge is 2.37. The Morgan fingerprint density at radius 3 is 2.59 bits per heavy atom. The fourth-order valence-corrected chi connectivity index (χ4v) is 3.28. The number of aryl methyl sites for hydroxylation is 1. The molecule has 0 spiro atoms. The number of hydrogen-bond acceptors (Lipinski definition) is 6. The minimum atomic E-state index is -1.17. The van der Waals surface area contributed by atoms with E-state index in [1.54, 1.807) is 19.1 Å². The Bertz CT molecular complexity index is 918. The van der Waals surface area contributed by atoms with E-state index in [1.165, 1.54) is 15.9 Å². The van der Waals surface area contributed by atoms with Crippen LogP contribution < -0.4 is 4.90 Å². The minimum absolute atomic E-state index is 0.0843. The molecule has 1 N–H and O–H groups in total. The summed E-state index contributed by atoms with van der Waals surface area (Å²) in [5.74, 6) is -1.17. The summed E-state index contributed by atoms with van der Waals surface area (Å²) in [6, 6.07) is 12.6. The van der Waals surface area contributed by atoms with Gasteiger partial charge in [-0.15, -0.1) is 0 Å². The smallest absolute Gasteiger partial charge is 0.410 e. The molecule has 152 valence electrons. The monoisotopic (exact) mass is 399 g/mol. The van der Waals surface area contributed by atoms with Crippen LogP contribution in [0, 0.1) is 17.0 Å². The zero-order valence-corrected chi connectivity index (χ0v) is 15.9. The van der Waals surface area contributed by atoms with Crippen LogP contribution >= 0.6 is 0 Å². The van der Waals surface area contributed by atoms with Crippen LogP contribution in [0.3, 0.4) is 0 Å². The number of benzene rings is 2. The lowest BCUT2D eigenvalue weighted by Gasteiger charge is -2.39. The van der Waals surface area contributed by atoms with Gasteiger partial charge in [-0.25, -0.2) is 9.59 Å². The van der Waals surface area contributed by atoms with E-state index in [-0.39, 0.29) is 37.6 Å². The maximum absolute atomic E-state index is 12.4. The number of carboxylic acids is 1. The van der Waals surface area contributed by atoms with Gasteiger partial charge in [-0.2, -0.15) is 0 Å². The molecule has 2 aromatic rings. The lowest BCUT2D eigenvalue weighted by atomic mass is 10.1. The number of carbonyl (C=O) groups excluding carboxylic acids is 1. The average Bonchev–Trinajstić information content (AvgIpc) is 2.72. The number of aliphatic carboxylic acids is 1. The van der Waals surface area contributed by atoms with Gasteiger partial charge < -0.3 is 19.6 Å². The van der Waals surface area contributed by atoms with E-state index in [0.29, 0.717) is 0 Å². The summed E-state index contributed by atoms with van der Waals surface area (Å²) in [5.41, 5.74) is 1.67.